The number of carbonyl (C=O) groups is 2. The maximum absolute atomic E-state index is 12.2. The number of rotatable bonds is 2. The van der Waals surface area contributed by atoms with E-state index < -0.39 is 12.1 Å². The van der Waals surface area contributed by atoms with Gasteiger partial charge in [0.1, 0.15) is 0 Å². The Labute approximate surface area is 130 Å². The van der Waals surface area contributed by atoms with Gasteiger partial charge in [0.2, 0.25) is 5.96 Å². The molecule has 0 radical (unpaired) electrons. The van der Waals surface area contributed by atoms with Gasteiger partial charge >= 0.3 is 12.1 Å². The first-order valence-corrected chi connectivity index (χ1v) is 6.89. The fraction of sp³-hybridized carbons (Fsp3) is 0.400. The summed E-state index contributed by atoms with van der Waals surface area (Å²) in [5.41, 5.74) is 1.76. The highest BCUT2D eigenvalue weighted by atomic mass is 16.5. The van der Waals surface area contributed by atoms with Crippen molar-refractivity contribution in [3.8, 4) is 0 Å². The van der Waals surface area contributed by atoms with Crippen molar-refractivity contribution in [2.24, 2.45) is 4.99 Å². The van der Waals surface area contributed by atoms with E-state index in [2.05, 4.69) is 10.3 Å². The Hall–Kier alpha value is -2.57. The number of nitrogens with zero attached hydrogens (tertiary/aromatic N) is 3. The molecule has 1 aromatic rings. The van der Waals surface area contributed by atoms with E-state index in [1.165, 1.54) is 11.9 Å². The van der Waals surface area contributed by atoms with Crippen LogP contribution in [0.15, 0.2) is 29.3 Å². The highest BCUT2D eigenvalue weighted by Gasteiger charge is 2.18. The molecule has 0 aliphatic heterocycles. The summed E-state index contributed by atoms with van der Waals surface area (Å²) >= 11 is 0. The van der Waals surface area contributed by atoms with Crippen molar-refractivity contribution in [3.05, 3.63) is 29.8 Å². The van der Waals surface area contributed by atoms with Crippen LogP contribution in [0.5, 0.6) is 0 Å². The van der Waals surface area contributed by atoms with Gasteiger partial charge in [-0.3, -0.25) is 4.90 Å². The fourth-order valence-corrected chi connectivity index (χ4v) is 1.65. The molecular formula is C15H22N4O3. The van der Waals surface area contributed by atoms with Crippen LogP contribution in [0.1, 0.15) is 12.5 Å². The molecule has 22 heavy (non-hydrogen) atoms. The van der Waals surface area contributed by atoms with E-state index in [1.807, 2.05) is 19.1 Å². The number of nitrogens with one attached hydrogen (secondary N) is 1. The molecule has 0 saturated heterocycles. The summed E-state index contributed by atoms with van der Waals surface area (Å²) in [7, 11) is 4.91. The molecule has 0 atom stereocenters. The van der Waals surface area contributed by atoms with Crippen molar-refractivity contribution >= 4 is 23.8 Å². The molecule has 1 aromatic carbocycles. The van der Waals surface area contributed by atoms with Crippen LogP contribution < -0.4 is 5.32 Å². The van der Waals surface area contributed by atoms with Gasteiger partial charge in [-0.25, -0.2) is 9.59 Å². The average Bonchev–Trinajstić information content (AvgIpc) is 2.46. The van der Waals surface area contributed by atoms with Gasteiger partial charge in [0, 0.05) is 26.8 Å². The molecule has 0 spiro atoms. The third-order valence-corrected chi connectivity index (χ3v) is 2.77. The second kappa shape index (κ2) is 8.02. The smallest absolute Gasteiger partial charge is 0.436 e. The fourth-order valence-electron chi connectivity index (χ4n) is 1.65. The third-order valence-electron chi connectivity index (χ3n) is 2.77. The van der Waals surface area contributed by atoms with Crippen LogP contribution in [-0.4, -0.2) is 55.6 Å². The lowest BCUT2D eigenvalue weighted by Crippen LogP contribution is -2.44. The first kappa shape index (κ1) is 17.5. The zero-order valence-corrected chi connectivity index (χ0v) is 13.6. The van der Waals surface area contributed by atoms with Gasteiger partial charge in [0.15, 0.2) is 0 Å². The Kier molecular flexibility index (Phi) is 6.37. The number of urea groups is 1. The monoisotopic (exact) mass is 306 g/mol. The van der Waals surface area contributed by atoms with E-state index in [0.717, 1.165) is 5.56 Å². The van der Waals surface area contributed by atoms with Crippen molar-refractivity contribution in [1.29, 1.82) is 0 Å². The molecule has 0 saturated carbocycles. The number of amides is 3. The molecule has 7 heteroatoms. The highest BCUT2D eigenvalue weighted by Crippen LogP contribution is 2.09. The lowest BCUT2D eigenvalue weighted by Gasteiger charge is -2.24. The van der Waals surface area contributed by atoms with Crippen molar-refractivity contribution in [3.63, 3.8) is 0 Å². The van der Waals surface area contributed by atoms with Gasteiger partial charge in [-0.15, -0.1) is 4.99 Å². The minimum absolute atomic E-state index is 0.183. The summed E-state index contributed by atoms with van der Waals surface area (Å²) in [6.07, 6.45) is -0.735. The minimum Gasteiger partial charge on any atom is -0.448 e. The molecule has 0 aliphatic rings. The van der Waals surface area contributed by atoms with Gasteiger partial charge in [0.25, 0.3) is 0 Å². The van der Waals surface area contributed by atoms with Gasteiger partial charge in [0.05, 0.1) is 6.61 Å². The summed E-state index contributed by atoms with van der Waals surface area (Å²) in [5.74, 6) is 0.183. The molecule has 0 unspecified atom stereocenters. The van der Waals surface area contributed by atoms with Gasteiger partial charge in [-0.2, -0.15) is 0 Å². The zero-order valence-electron chi connectivity index (χ0n) is 13.6. The summed E-state index contributed by atoms with van der Waals surface area (Å²) in [4.78, 5) is 30.3. The lowest BCUT2D eigenvalue weighted by molar-refractivity contribution is 0.162. The van der Waals surface area contributed by atoms with E-state index in [0.29, 0.717) is 5.69 Å². The summed E-state index contributed by atoms with van der Waals surface area (Å²) < 4.78 is 4.77. The standard InChI is InChI=1S/C15H22N4O3/c1-6-22-15(21)17-13(18(3)4)19(5)14(20)16-12-9-7-11(2)8-10-12/h7-10H,6H2,1-5H3,(H,16,20). The first-order chi connectivity index (χ1) is 10.3. The Bertz CT molecular complexity index is 552. The van der Waals surface area contributed by atoms with E-state index >= 15 is 0 Å². The number of guanidine groups is 1. The molecule has 0 fully saturated rings. The van der Waals surface area contributed by atoms with Crippen molar-refractivity contribution in [2.45, 2.75) is 13.8 Å². The second-order valence-electron chi connectivity index (χ2n) is 4.86. The minimum atomic E-state index is -0.735. The number of aliphatic imine (C=N–C) groups is 1. The van der Waals surface area contributed by atoms with Crippen molar-refractivity contribution < 1.29 is 14.3 Å². The molecule has 0 aliphatic carbocycles. The number of hydrogen-bond donors (Lipinski definition) is 1. The molecule has 7 nitrogen and oxygen atoms in total. The molecular weight excluding hydrogens is 284 g/mol. The third kappa shape index (κ3) is 5.08. The maximum Gasteiger partial charge on any atom is 0.436 e. The highest BCUT2D eigenvalue weighted by molar-refractivity contribution is 6.04. The van der Waals surface area contributed by atoms with E-state index in [-0.39, 0.29) is 12.6 Å². The first-order valence-electron chi connectivity index (χ1n) is 6.89. The quantitative estimate of drug-likeness (QED) is 0.673. The van der Waals surface area contributed by atoms with Crippen LogP contribution in [0.25, 0.3) is 0 Å². The van der Waals surface area contributed by atoms with Gasteiger partial charge in [-0.1, -0.05) is 17.7 Å². The topological polar surface area (TPSA) is 74.2 Å². The largest absolute Gasteiger partial charge is 0.448 e. The van der Waals surface area contributed by atoms with Crippen molar-refractivity contribution in [1.82, 2.24) is 9.80 Å². The molecule has 120 valence electrons. The van der Waals surface area contributed by atoms with Crippen LogP contribution in [0, 0.1) is 6.92 Å². The summed E-state index contributed by atoms with van der Waals surface area (Å²) in [6.45, 7) is 3.88. The lowest BCUT2D eigenvalue weighted by atomic mass is 10.2. The predicted octanol–water partition coefficient (Wildman–Crippen LogP) is 2.53. The van der Waals surface area contributed by atoms with Crippen LogP contribution in [0.3, 0.4) is 0 Å². The van der Waals surface area contributed by atoms with Crippen LogP contribution in [0.4, 0.5) is 15.3 Å². The summed E-state index contributed by atoms with van der Waals surface area (Å²) in [5, 5.41) is 2.74. The van der Waals surface area contributed by atoms with Gasteiger partial charge in [-0.05, 0) is 26.0 Å². The molecule has 3 amide bonds. The van der Waals surface area contributed by atoms with E-state index in [1.54, 1.807) is 38.1 Å². The molecule has 0 aromatic heterocycles. The van der Waals surface area contributed by atoms with Crippen LogP contribution >= 0.6 is 0 Å². The average molecular weight is 306 g/mol. The Morgan fingerprint density at radius 1 is 1.18 bits per heavy atom. The SMILES string of the molecule is CCOC(=O)N=C(N(C)C)N(C)C(=O)Nc1ccc(C)cc1. The molecule has 0 heterocycles. The van der Waals surface area contributed by atoms with Crippen LogP contribution in [0.2, 0.25) is 0 Å². The Morgan fingerprint density at radius 3 is 2.27 bits per heavy atom. The second-order valence-corrected chi connectivity index (χ2v) is 4.86. The number of anilines is 1. The zero-order chi connectivity index (χ0) is 16.7. The number of benzene rings is 1. The van der Waals surface area contributed by atoms with Crippen molar-refractivity contribution in [2.75, 3.05) is 33.1 Å². The number of carbonyl (C=O) groups excluding carboxylic acids is 2. The number of ether oxygens (including phenoxy) is 1. The Morgan fingerprint density at radius 2 is 1.77 bits per heavy atom. The summed E-state index contributed by atoms with van der Waals surface area (Å²) in [6, 6.07) is 7.00. The van der Waals surface area contributed by atoms with E-state index in [4.69, 9.17) is 4.74 Å². The number of hydrogen-bond acceptors (Lipinski definition) is 3. The molecule has 1 rings (SSSR count). The van der Waals surface area contributed by atoms with Gasteiger partial charge < -0.3 is 15.0 Å². The number of aryl methyl sites for hydroxylation is 1. The molecule has 0 bridgehead atoms. The van der Waals surface area contributed by atoms with E-state index in [9.17, 15) is 9.59 Å². The predicted molar refractivity (Wildman–Crippen MR) is 86.1 cm³/mol. The van der Waals surface area contributed by atoms with Crippen LogP contribution in [-0.2, 0) is 4.74 Å². The Balaban J connectivity index is 2.84. The normalized spacial score (nSPS) is 10.9. The maximum atomic E-state index is 12.2. The molecule has 1 N–H and O–H groups in total.